The fraction of sp³-hybridized carbons (Fsp3) is 0.174. The Morgan fingerprint density at radius 3 is 2.37 bits per heavy atom. The number of aryl methyl sites for hydroxylation is 1. The summed E-state index contributed by atoms with van der Waals surface area (Å²) in [5.74, 6) is -0.239. The van der Waals surface area contributed by atoms with Crippen molar-refractivity contribution in [2.75, 3.05) is 18.0 Å². The van der Waals surface area contributed by atoms with Crippen molar-refractivity contribution in [3.8, 4) is 0 Å². The fourth-order valence-corrected chi connectivity index (χ4v) is 4.52. The Labute approximate surface area is 182 Å². The highest BCUT2D eigenvalue weighted by atomic mass is 32.2. The minimum absolute atomic E-state index is 0.0487. The lowest BCUT2D eigenvalue weighted by atomic mass is 10.1. The summed E-state index contributed by atoms with van der Waals surface area (Å²) < 4.78 is 28.1. The molecule has 0 aliphatic carbocycles. The maximum absolute atomic E-state index is 12.9. The SMILES string of the molecule is CSc1ccc(CN(C)C(=O)c2cccc(S(=O)(=O)Nc3cccc(C)c3)c2)cc1. The van der Waals surface area contributed by atoms with Crippen molar-refractivity contribution in [2.45, 2.75) is 23.3 Å². The molecule has 5 nitrogen and oxygen atoms in total. The highest BCUT2D eigenvalue weighted by Crippen LogP contribution is 2.20. The summed E-state index contributed by atoms with van der Waals surface area (Å²) in [6.07, 6.45) is 2.01. The molecule has 30 heavy (non-hydrogen) atoms. The standard InChI is InChI=1S/C23H24N2O3S2/c1-17-6-4-8-20(14-17)24-30(27,28)22-9-5-7-19(15-22)23(26)25(2)16-18-10-12-21(29-3)13-11-18/h4-15,24H,16H2,1-3H3. The van der Waals surface area contributed by atoms with Gasteiger partial charge in [-0.2, -0.15) is 0 Å². The van der Waals surface area contributed by atoms with Crippen molar-refractivity contribution in [1.82, 2.24) is 4.90 Å². The van der Waals surface area contributed by atoms with Gasteiger partial charge in [0.1, 0.15) is 0 Å². The van der Waals surface area contributed by atoms with Crippen molar-refractivity contribution in [1.29, 1.82) is 0 Å². The number of thioether (sulfide) groups is 1. The number of amides is 1. The average Bonchev–Trinajstić information content (AvgIpc) is 2.73. The van der Waals surface area contributed by atoms with Crippen molar-refractivity contribution >= 4 is 33.4 Å². The van der Waals surface area contributed by atoms with E-state index in [1.807, 2.05) is 43.5 Å². The van der Waals surface area contributed by atoms with Crippen molar-refractivity contribution in [3.05, 3.63) is 89.5 Å². The maximum Gasteiger partial charge on any atom is 0.261 e. The molecule has 3 rings (SSSR count). The normalized spacial score (nSPS) is 11.2. The van der Waals surface area contributed by atoms with Crippen LogP contribution >= 0.6 is 11.8 Å². The largest absolute Gasteiger partial charge is 0.337 e. The lowest BCUT2D eigenvalue weighted by Gasteiger charge is -2.18. The van der Waals surface area contributed by atoms with Gasteiger partial charge in [-0.25, -0.2) is 8.42 Å². The number of rotatable bonds is 7. The van der Waals surface area contributed by atoms with Gasteiger partial charge >= 0.3 is 0 Å². The van der Waals surface area contributed by atoms with Gasteiger partial charge in [0.15, 0.2) is 0 Å². The highest BCUT2D eigenvalue weighted by molar-refractivity contribution is 7.98. The van der Waals surface area contributed by atoms with Crippen LogP contribution in [0.3, 0.4) is 0 Å². The molecule has 7 heteroatoms. The van der Waals surface area contributed by atoms with E-state index < -0.39 is 10.0 Å². The number of benzene rings is 3. The number of hydrogen-bond acceptors (Lipinski definition) is 4. The minimum atomic E-state index is -3.80. The average molecular weight is 441 g/mol. The van der Waals surface area contributed by atoms with Gasteiger partial charge in [-0.05, 0) is 66.8 Å². The molecule has 0 spiro atoms. The second-order valence-corrected chi connectivity index (χ2v) is 9.57. The Morgan fingerprint density at radius 2 is 1.70 bits per heavy atom. The molecule has 156 valence electrons. The zero-order chi connectivity index (χ0) is 21.7. The van der Waals surface area contributed by atoms with Crippen LogP contribution in [0.4, 0.5) is 5.69 Å². The fourth-order valence-electron chi connectivity index (χ4n) is 3.02. The maximum atomic E-state index is 12.9. The summed E-state index contributed by atoms with van der Waals surface area (Å²) in [6, 6.07) is 21.2. The van der Waals surface area contributed by atoms with Crippen LogP contribution in [0.1, 0.15) is 21.5 Å². The smallest absolute Gasteiger partial charge is 0.261 e. The molecule has 0 aliphatic rings. The summed E-state index contributed by atoms with van der Waals surface area (Å²) >= 11 is 1.66. The third-order valence-corrected chi connectivity index (χ3v) is 6.71. The summed E-state index contributed by atoms with van der Waals surface area (Å²) in [5, 5.41) is 0. The topological polar surface area (TPSA) is 66.5 Å². The predicted octanol–water partition coefficient (Wildman–Crippen LogP) is 4.79. The summed E-state index contributed by atoms with van der Waals surface area (Å²) in [4.78, 5) is 15.6. The second-order valence-electron chi connectivity index (χ2n) is 7.01. The van der Waals surface area contributed by atoms with E-state index in [0.717, 1.165) is 16.0 Å². The Morgan fingerprint density at radius 1 is 1.00 bits per heavy atom. The van der Waals surface area contributed by atoms with Crippen LogP contribution in [0.25, 0.3) is 0 Å². The Bertz CT molecular complexity index is 1140. The molecular formula is C23H24N2O3S2. The molecule has 0 saturated heterocycles. The van der Waals surface area contributed by atoms with E-state index in [1.165, 1.54) is 12.1 Å². The molecule has 0 aromatic heterocycles. The first-order valence-electron chi connectivity index (χ1n) is 9.36. The van der Waals surface area contributed by atoms with Crippen LogP contribution in [-0.4, -0.2) is 32.5 Å². The molecule has 0 bridgehead atoms. The summed E-state index contributed by atoms with van der Waals surface area (Å²) in [6.45, 7) is 2.33. The van der Waals surface area contributed by atoms with Crippen molar-refractivity contribution in [3.63, 3.8) is 0 Å². The number of carbonyl (C=O) groups excluding carboxylic acids is 1. The van der Waals surface area contributed by atoms with E-state index >= 15 is 0 Å². The Kier molecular flexibility index (Phi) is 6.84. The van der Waals surface area contributed by atoms with Crippen molar-refractivity contribution < 1.29 is 13.2 Å². The highest BCUT2D eigenvalue weighted by Gasteiger charge is 2.18. The summed E-state index contributed by atoms with van der Waals surface area (Å²) in [5.41, 5.74) is 2.77. The van der Waals surface area contributed by atoms with Crippen LogP contribution < -0.4 is 4.72 Å². The van der Waals surface area contributed by atoms with Gasteiger partial charge in [0, 0.05) is 29.7 Å². The lowest BCUT2D eigenvalue weighted by molar-refractivity contribution is 0.0785. The summed E-state index contributed by atoms with van der Waals surface area (Å²) in [7, 11) is -2.10. The quantitative estimate of drug-likeness (QED) is 0.537. The number of carbonyl (C=O) groups is 1. The lowest BCUT2D eigenvalue weighted by Crippen LogP contribution is -2.26. The molecule has 0 saturated carbocycles. The third kappa shape index (κ3) is 5.43. The number of anilines is 1. The van der Waals surface area contributed by atoms with Crippen molar-refractivity contribution in [2.24, 2.45) is 0 Å². The Hall–Kier alpha value is -2.77. The molecule has 0 aliphatic heterocycles. The van der Waals surface area contributed by atoms with Crippen LogP contribution in [0.2, 0.25) is 0 Å². The predicted molar refractivity (Wildman–Crippen MR) is 122 cm³/mol. The molecule has 0 unspecified atom stereocenters. The van der Waals surface area contributed by atoms with E-state index in [4.69, 9.17) is 0 Å². The molecule has 0 radical (unpaired) electrons. The van der Waals surface area contributed by atoms with Crippen LogP contribution in [0.15, 0.2) is 82.6 Å². The number of sulfonamides is 1. The number of hydrogen-bond donors (Lipinski definition) is 1. The molecule has 0 heterocycles. The number of nitrogens with one attached hydrogen (secondary N) is 1. The number of nitrogens with zero attached hydrogens (tertiary/aromatic N) is 1. The van der Waals surface area contributed by atoms with Gasteiger partial charge in [0.05, 0.1) is 4.90 Å². The third-order valence-electron chi connectivity index (χ3n) is 4.59. The molecule has 1 N–H and O–H groups in total. The van der Waals surface area contributed by atoms with E-state index in [9.17, 15) is 13.2 Å². The van der Waals surface area contributed by atoms with E-state index in [2.05, 4.69) is 4.72 Å². The zero-order valence-electron chi connectivity index (χ0n) is 17.1. The van der Waals surface area contributed by atoms with Gasteiger partial charge < -0.3 is 4.90 Å². The van der Waals surface area contributed by atoms with Crippen LogP contribution in [-0.2, 0) is 16.6 Å². The first kappa shape index (κ1) is 21.9. The molecular weight excluding hydrogens is 416 g/mol. The van der Waals surface area contributed by atoms with Gasteiger partial charge in [-0.1, -0.05) is 30.3 Å². The van der Waals surface area contributed by atoms with Gasteiger partial charge in [-0.3, -0.25) is 9.52 Å². The van der Waals surface area contributed by atoms with Gasteiger partial charge in [0.2, 0.25) is 0 Å². The molecule has 0 atom stereocenters. The molecule has 0 fully saturated rings. The van der Waals surface area contributed by atoms with Crippen LogP contribution in [0, 0.1) is 6.92 Å². The molecule has 3 aromatic rings. The molecule has 3 aromatic carbocycles. The van der Waals surface area contributed by atoms with Gasteiger partial charge in [0.25, 0.3) is 15.9 Å². The first-order chi connectivity index (χ1) is 14.3. The van der Waals surface area contributed by atoms with E-state index in [1.54, 1.807) is 54.0 Å². The second kappa shape index (κ2) is 9.36. The molecule has 1 amide bonds. The van der Waals surface area contributed by atoms with Gasteiger partial charge in [-0.15, -0.1) is 11.8 Å². The van der Waals surface area contributed by atoms with E-state index in [0.29, 0.717) is 17.8 Å². The van der Waals surface area contributed by atoms with Crippen LogP contribution in [0.5, 0.6) is 0 Å². The first-order valence-corrected chi connectivity index (χ1v) is 12.1. The Balaban J connectivity index is 1.76. The monoisotopic (exact) mass is 440 g/mol. The zero-order valence-corrected chi connectivity index (χ0v) is 18.8. The minimum Gasteiger partial charge on any atom is -0.337 e. The van der Waals surface area contributed by atoms with E-state index in [-0.39, 0.29) is 10.8 Å².